The van der Waals surface area contributed by atoms with Gasteiger partial charge < -0.3 is 16.7 Å². The quantitative estimate of drug-likeness (QED) is 0.609. The second-order valence-electron chi connectivity index (χ2n) is 3.30. The van der Waals surface area contributed by atoms with E-state index in [2.05, 4.69) is 30.8 Å². The van der Waals surface area contributed by atoms with Crippen LogP contribution in [-0.2, 0) is 21.1 Å². The summed E-state index contributed by atoms with van der Waals surface area (Å²) in [7, 11) is 6.11. The van der Waals surface area contributed by atoms with Crippen molar-refractivity contribution in [3.63, 3.8) is 0 Å². The summed E-state index contributed by atoms with van der Waals surface area (Å²) < 4.78 is 0. The summed E-state index contributed by atoms with van der Waals surface area (Å²) in [6.07, 6.45) is 0. The van der Waals surface area contributed by atoms with Gasteiger partial charge in [-0.2, -0.15) is 6.92 Å². The van der Waals surface area contributed by atoms with Crippen LogP contribution in [0.3, 0.4) is 0 Å². The molecule has 0 bridgehead atoms. The van der Waals surface area contributed by atoms with E-state index in [1.807, 2.05) is 0 Å². The van der Waals surface area contributed by atoms with Gasteiger partial charge in [0.1, 0.15) is 0 Å². The summed E-state index contributed by atoms with van der Waals surface area (Å²) in [5.74, 6) is 0.937. The second kappa shape index (κ2) is 6.97. The fourth-order valence-electron chi connectivity index (χ4n) is 1.99. The average Bonchev–Trinajstić information content (AvgIpc) is 2.31. The number of hydrogen-bond acceptors (Lipinski definition) is 2. The van der Waals surface area contributed by atoms with Crippen molar-refractivity contribution in [2.24, 2.45) is 5.92 Å². The third-order valence-corrected chi connectivity index (χ3v) is 2.57. The zero-order valence-electron chi connectivity index (χ0n) is 7.99. The number of rotatable bonds is 0. The molecule has 0 aliphatic carbocycles. The number of likely N-dealkylation sites (tertiary alicyclic amines) is 2. The van der Waals surface area contributed by atoms with Crippen molar-refractivity contribution in [1.29, 1.82) is 0 Å². The van der Waals surface area contributed by atoms with Crippen LogP contribution in [0.15, 0.2) is 0 Å². The van der Waals surface area contributed by atoms with E-state index in [0.29, 0.717) is 0 Å². The maximum Gasteiger partial charge on any atom is 2.00 e. The molecule has 2 aliphatic heterocycles. The van der Waals surface area contributed by atoms with E-state index >= 15 is 0 Å². The first kappa shape index (κ1) is 16.1. The van der Waals surface area contributed by atoms with Gasteiger partial charge in [-0.1, -0.05) is 7.43 Å². The van der Waals surface area contributed by atoms with Gasteiger partial charge in [-0.3, -0.25) is 7.05 Å². The smallest absolute Gasteiger partial charge is 0.458 e. The Morgan fingerprint density at radius 1 is 1.15 bits per heavy atom. The monoisotopic (exact) mass is 354 g/mol. The van der Waals surface area contributed by atoms with Gasteiger partial charge in [-0.05, 0) is 26.1 Å². The molecule has 2 nitrogen and oxygen atoms in total. The molecule has 2 rings (SSSR count). The van der Waals surface area contributed by atoms with E-state index in [0.717, 1.165) is 12.0 Å². The third-order valence-electron chi connectivity index (χ3n) is 2.57. The van der Waals surface area contributed by atoms with Gasteiger partial charge in [0.2, 0.25) is 0 Å². The summed E-state index contributed by atoms with van der Waals surface area (Å²) in [5.41, 5.74) is 0. The van der Waals surface area contributed by atoms with Crippen LogP contribution in [0.25, 0.3) is 0 Å². The Balaban J connectivity index is 0. The molecule has 2 heterocycles. The predicted molar refractivity (Wildman–Crippen MR) is 54.6 cm³/mol. The number of nitrogens with zero attached hydrogens (tertiary/aromatic N) is 2. The molecule has 0 radical (unpaired) electrons. The maximum absolute atomic E-state index is 3.92. The van der Waals surface area contributed by atoms with Gasteiger partial charge in [0, 0.05) is 12.6 Å². The van der Waals surface area contributed by atoms with Crippen molar-refractivity contribution >= 4 is 0 Å². The van der Waals surface area contributed by atoms with Gasteiger partial charge in [-0.25, -0.2) is 0 Å². The molecule has 2 saturated heterocycles. The standard InChI is InChI=1S/C7H13N2.C2H5.CH4.W/c1-8-3-6-4-9(2)7(6)5-8;1-2;;/h6-7H,1,3-5H2,2H3;1H2,2H3;1H4;/q2*-1;;+2/t6-,7-;;;/m1.../s1. The topological polar surface area (TPSA) is 6.48 Å². The average molecular weight is 354 g/mol. The van der Waals surface area contributed by atoms with Crippen molar-refractivity contribution in [2.45, 2.75) is 20.4 Å². The Hall–Kier alpha value is 0.608. The fourth-order valence-corrected chi connectivity index (χ4v) is 1.99. The van der Waals surface area contributed by atoms with Crippen molar-refractivity contribution in [2.75, 3.05) is 26.7 Å². The zero-order chi connectivity index (χ0) is 8.43. The molecule has 0 aromatic rings. The van der Waals surface area contributed by atoms with Crippen molar-refractivity contribution in [1.82, 2.24) is 9.80 Å². The summed E-state index contributed by atoms with van der Waals surface area (Å²) in [5, 5.41) is 0. The molecule has 0 unspecified atom stereocenters. The molecular formula is C10H22N2W. The van der Waals surface area contributed by atoms with Crippen LogP contribution in [0, 0.1) is 19.9 Å². The van der Waals surface area contributed by atoms with Crippen LogP contribution in [0.4, 0.5) is 0 Å². The predicted octanol–water partition coefficient (Wildman–Crippen LogP) is 1.50. The van der Waals surface area contributed by atoms with Crippen LogP contribution in [0.5, 0.6) is 0 Å². The van der Waals surface area contributed by atoms with Crippen LogP contribution >= 0.6 is 0 Å². The largest absolute Gasteiger partial charge is 2.00 e. The van der Waals surface area contributed by atoms with Gasteiger partial charge >= 0.3 is 21.1 Å². The van der Waals surface area contributed by atoms with Crippen LogP contribution in [0.1, 0.15) is 14.4 Å². The first-order valence-electron chi connectivity index (χ1n) is 4.24. The molecule has 0 amide bonds. The molecule has 0 saturated carbocycles. The minimum atomic E-state index is 0. The van der Waals surface area contributed by atoms with Crippen LogP contribution in [-0.4, -0.2) is 42.5 Å². The van der Waals surface area contributed by atoms with Crippen LogP contribution < -0.4 is 0 Å². The molecule has 2 atom stereocenters. The number of fused-ring (bicyclic) bond motifs is 1. The van der Waals surface area contributed by atoms with E-state index in [4.69, 9.17) is 0 Å². The molecular weight excluding hydrogens is 332 g/mol. The molecule has 13 heavy (non-hydrogen) atoms. The molecule has 0 spiro atoms. The Bertz CT molecular complexity index is 130. The Kier molecular flexibility index (Phi) is 8.61. The third kappa shape index (κ3) is 3.34. The van der Waals surface area contributed by atoms with Gasteiger partial charge in [0.15, 0.2) is 0 Å². The normalized spacial score (nSPS) is 31.4. The fraction of sp³-hybridized carbons (Fsp3) is 0.800. The summed E-state index contributed by atoms with van der Waals surface area (Å²) in [6, 6.07) is 0.836. The van der Waals surface area contributed by atoms with Crippen molar-refractivity contribution in [3.8, 4) is 0 Å². The van der Waals surface area contributed by atoms with E-state index < -0.39 is 0 Å². The number of hydrogen-bond donors (Lipinski definition) is 0. The van der Waals surface area contributed by atoms with Crippen LogP contribution in [0.2, 0.25) is 0 Å². The van der Waals surface area contributed by atoms with Gasteiger partial charge in [0.05, 0.1) is 0 Å². The molecule has 3 heteroatoms. The Morgan fingerprint density at radius 3 is 2.00 bits per heavy atom. The molecule has 0 aromatic heterocycles. The first-order chi connectivity index (χ1) is 5.27. The van der Waals surface area contributed by atoms with E-state index in [9.17, 15) is 0 Å². The van der Waals surface area contributed by atoms with E-state index in [1.165, 1.54) is 19.6 Å². The zero-order valence-corrected chi connectivity index (χ0v) is 10.9. The Labute approximate surface area is 97.9 Å². The van der Waals surface area contributed by atoms with Crippen molar-refractivity contribution in [3.05, 3.63) is 14.0 Å². The molecule has 2 aliphatic rings. The molecule has 0 aromatic carbocycles. The first-order valence-corrected chi connectivity index (χ1v) is 4.24. The van der Waals surface area contributed by atoms with Gasteiger partial charge in [0.25, 0.3) is 0 Å². The summed E-state index contributed by atoms with van der Waals surface area (Å²) in [6.45, 7) is 8.69. The second-order valence-corrected chi connectivity index (χ2v) is 3.30. The molecule has 0 N–H and O–H groups in total. The van der Waals surface area contributed by atoms with Crippen molar-refractivity contribution < 1.29 is 21.1 Å². The van der Waals surface area contributed by atoms with E-state index in [1.54, 1.807) is 6.92 Å². The van der Waals surface area contributed by atoms with E-state index in [-0.39, 0.29) is 28.5 Å². The maximum atomic E-state index is 3.92. The Morgan fingerprint density at radius 2 is 1.69 bits per heavy atom. The number of likely N-dealkylation sites (N-methyl/N-ethyl adjacent to an activating group) is 1. The minimum absolute atomic E-state index is 0. The van der Waals surface area contributed by atoms with Gasteiger partial charge in [-0.15, -0.1) is 0 Å². The molecule has 78 valence electrons. The molecule has 2 fully saturated rings. The summed E-state index contributed by atoms with van der Waals surface area (Å²) in [4.78, 5) is 4.59. The SMILES string of the molecule is C.[CH2-]C.[CH2-]N1C[C@@H]2CN(C)[C@@H]2C1.[W+2]. The minimum Gasteiger partial charge on any atom is -0.458 e. The summed E-state index contributed by atoms with van der Waals surface area (Å²) >= 11 is 0.